The third-order valence-corrected chi connectivity index (χ3v) is 2.95. The number of aromatic nitrogens is 1. The van der Waals surface area contributed by atoms with Crippen molar-refractivity contribution in [1.29, 1.82) is 0 Å². The first-order chi connectivity index (χ1) is 10.0. The lowest BCUT2D eigenvalue weighted by Crippen LogP contribution is -2.39. The van der Waals surface area contributed by atoms with Crippen molar-refractivity contribution in [3.05, 3.63) is 22.2 Å². The predicted molar refractivity (Wildman–Crippen MR) is 79.3 cm³/mol. The summed E-state index contributed by atoms with van der Waals surface area (Å²) in [6.45, 7) is 3.16. The van der Waals surface area contributed by atoms with Crippen LogP contribution in [0.25, 0.3) is 0 Å². The lowest BCUT2D eigenvalue weighted by molar-refractivity contribution is -0.384. The van der Waals surface area contributed by atoms with Crippen molar-refractivity contribution in [3.63, 3.8) is 0 Å². The second-order valence-electron chi connectivity index (χ2n) is 4.43. The van der Waals surface area contributed by atoms with E-state index in [4.69, 9.17) is 15.3 Å². The zero-order chi connectivity index (χ0) is 15.8. The predicted octanol–water partition coefficient (Wildman–Crippen LogP) is 0.763. The molecule has 0 spiro atoms. The number of anilines is 2. The fourth-order valence-electron chi connectivity index (χ4n) is 1.93. The van der Waals surface area contributed by atoms with Gasteiger partial charge in [-0.3, -0.25) is 10.1 Å². The number of hydrazine groups is 1. The highest BCUT2D eigenvalue weighted by Crippen LogP contribution is 2.28. The molecule has 0 radical (unpaired) electrons. The zero-order valence-electron chi connectivity index (χ0n) is 12.4. The molecular formula is C12H21N5O4. The maximum absolute atomic E-state index is 11.2. The molecule has 3 N–H and O–H groups in total. The third-order valence-electron chi connectivity index (χ3n) is 2.95. The van der Waals surface area contributed by atoms with Gasteiger partial charge < -0.3 is 19.8 Å². The van der Waals surface area contributed by atoms with Crippen molar-refractivity contribution in [3.8, 4) is 0 Å². The van der Waals surface area contributed by atoms with Crippen LogP contribution in [0.5, 0.6) is 0 Å². The van der Waals surface area contributed by atoms with Crippen LogP contribution in [0.3, 0.4) is 0 Å². The van der Waals surface area contributed by atoms with E-state index in [0.29, 0.717) is 25.6 Å². The van der Waals surface area contributed by atoms with E-state index in [1.807, 2.05) is 6.92 Å². The fraction of sp³-hybridized carbons (Fsp3) is 0.583. The molecule has 0 amide bonds. The van der Waals surface area contributed by atoms with Crippen molar-refractivity contribution in [1.82, 2.24) is 4.98 Å². The topological polar surface area (TPSA) is 116 Å². The number of nitrogens with one attached hydrogen (secondary N) is 1. The Hall–Kier alpha value is -1.97. The van der Waals surface area contributed by atoms with Crippen LogP contribution in [-0.2, 0) is 9.47 Å². The van der Waals surface area contributed by atoms with Crippen molar-refractivity contribution in [2.45, 2.75) is 13.0 Å². The van der Waals surface area contributed by atoms with Gasteiger partial charge in [0, 0.05) is 26.8 Å². The molecule has 0 aromatic carbocycles. The highest BCUT2D eigenvalue weighted by atomic mass is 16.6. The van der Waals surface area contributed by atoms with Crippen molar-refractivity contribution in [2.24, 2.45) is 5.84 Å². The molecule has 9 nitrogen and oxygen atoms in total. The zero-order valence-corrected chi connectivity index (χ0v) is 12.4. The molecule has 0 fully saturated rings. The Bertz CT molecular complexity index is 471. The fourth-order valence-corrected chi connectivity index (χ4v) is 1.93. The Morgan fingerprint density at radius 1 is 1.48 bits per heavy atom. The van der Waals surface area contributed by atoms with Gasteiger partial charge in [0.2, 0.25) is 5.82 Å². The summed E-state index contributed by atoms with van der Waals surface area (Å²) >= 11 is 0. The molecule has 0 aliphatic carbocycles. The molecule has 1 aromatic heterocycles. The number of ether oxygens (including phenoxy) is 2. The number of nitrogens with two attached hydrogens (primary N) is 1. The van der Waals surface area contributed by atoms with Crippen molar-refractivity contribution < 1.29 is 14.4 Å². The molecule has 1 unspecified atom stereocenters. The van der Waals surface area contributed by atoms with Gasteiger partial charge in [0.25, 0.3) is 0 Å². The average molecular weight is 299 g/mol. The second kappa shape index (κ2) is 8.35. The molecule has 21 heavy (non-hydrogen) atoms. The van der Waals surface area contributed by atoms with Gasteiger partial charge in [-0.2, -0.15) is 0 Å². The number of nitrogens with zero attached hydrogens (tertiary/aromatic N) is 3. The molecule has 1 rings (SSSR count). The maximum atomic E-state index is 11.2. The van der Waals surface area contributed by atoms with Gasteiger partial charge in [0.15, 0.2) is 0 Å². The lowest BCUT2D eigenvalue weighted by atomic mass is 10.2. The van der Waals surface area contributed by atoms with Gasteiger partial charge in [-0.1, -0.05) is 0 Å². The van der Waals surface area contributed by atoms with E-state index >= 15 is 0 Å². The molecule has 118 valence electrons. The molecule has 0 saturated heterocycles. The van der Waals surface area contributed by atoms with E-state index in [1.165, 1.54) is 12.1 Å². The normalized spacial score (nSPS) is 12.0. The van der Waals surface area contributed by atoms with E-state index in [2.05, 4.69) is 10.4 Å². The number of rotatable bonds is 9. The minimum Gasteiger partial charge on any atom is -0.383 e. The molecule has 0 aliphatic heterocycles. The summed E-state index contributed by atoms with van der Waals surface area (Å²) in [4.78, 5) is 16.7. The van der Waals surface area contributed by atoms with Crippen LogP contribution in [-0.4, -0.2) is 49.9 Å². The molecule has 1 atom stereocenters. The van der Waals surface area contributed by atoms with Gasteiger partial charge >= 0.3 is 5.69 Å². The molecule has 1 heterocycles. The first-order valence-corrected chi connectivity index (χ1v) is 6.41. The Balaban J connectivity index is 3.22. The number of methoxy groups -OCH3 is 2. The molecule has 1 aromatic rings. The Morgan fingerprint density at radius 3 is 2.71 bits per heavy atom. The minimum absolute atomic E-state index is 0.0898. The number of nitrogen functional groups attached to an aromatic ring is 1. The average Bonchev–Trinajstić information content (AvgIpc) is 2.47. The lowest BCUT2D eigenvalue weighted by Gasteiger charge is -2.29. The first kappa shape index (κ1) is 17.1. The molecule has 0 aliphatic rings. The smallest absolute Gasteiger partial charge is 0.311 e. The van der Waals surface area contributed by atoms with Crippen LogP contribution in [0.4, 0.5) is 17.3 Å². The van der Waals surface area contributed by atoms with Crippen molar-refractivity contribution in [2.75, 3.05) is 44.3 Å². The first-order valence-electron chi connectivity index (χ1n) is 6.41. The van der Waals surface area contributed by atoms with E-state index in [9.17, 15) is 10.1 Å². The van der Waals surface area contributed by atoms with Crippen LogP contribution in [0.15, 0.2) is 12.1 Å². The highest BCUT2D eigenvalue weighted by molar-refractivity contribution is 5.62. The summed E-state index contributed by atoms with van der Waals surface area (Å²) in [7, 11) is 3.14. The summed E-state index contributed by atoms with van der Waals surface area (Å²) in [5.74, 6) is 5.91. The minimum atomic E-state index is -0.470. The van der Waals surface area contributed by atoms with E-state index in [0.717, 1.165) is 0 Å². The molecule has 0 bridgehead atoms. The Morgan fingerprint density at radius 2 is 2.19 bits per heavy atom. The molecule has 0 saturated carbocycles. The van der Waals surface area contributed by atoms with Crippen LogP contribution >= 0.6 is 0 Å². The highest BCUT2D eigenvalue weighted by Gasteiger charge is 2.25. The molecular weight excluding hydrogens is 278 g/mol. The standard InChI is InChI=1S/C12H21N5O4/c1-9(8-21-3)16(6-7-20-2)12-10(17(18)19)4-5-11(14-12)15-13/h4-5,9H,6-8,13H2,1-3H3,(H,14,15). The number of hydrogen-bond acceptors (Lipinski definition) is 8. The number of pyridine rings is 1. The van der Waals surface area contributed by atoms with Gasteiger partial charge in [0.1, 0.15) is 5.82 Å². The Labute approximate surface area is 123 Å². The van der Waals surface area contributed by atoms with Crippen LogP contribution < -0.4 is 16.2 Å². The monoisotopic (exact) mass is 299 g/mol. The third kappa shape index (κ3) is 4.52. The molecule has 9 heteroatoms. The number of nitro groups is 1. The van der Waals surface area contributed by atoms with Crippen molar-refractivity contribution >= 4 is 17.3 Å². The van der Waals surface area contributed by atoms with Crippen LogP contribution in [0, 0.1) is 10.1 Å². The van der Waals surface area contributed by atoms with Gasteiger partial charge in [-0.05, 0) is 13.0 Å². The summed E-state index contributed by atoms with van der Waals surface area (Å²) < 4.78 is 10.2. The summed E-state index contributed by atoms with van der Waals surface area (Å²) in [5.41, 5.74) is 2.30. The summed E-state index contributed by atoms with van der Waals surface area (Å²) in [6.07, 6.45) is 0. The SMILES string of the molecule is COCCN(c1nc(NN)ccc1[N+](=O)[O-])C(C)COC. The summed E-state index contributed by atoms with van der Waals surface area (Å²) in [5, 5.41) is 11.2. The van der Waals surface area contributed by atoms with Gasteiger partial charge in [-0.25, -0.2) is 10.8 Å². The Kier molecular flexibility index (Phi) is 6.79. The van der Waals surface area contributed by atoms with E-state index in [1.54, 1.807) is 19.1 Å². The van der Waals surface area contributed by atoms with Crippen LogP contribution in [0.1, 0.15) is 6.92 Å². The van der Waals surface area contributed by atoms with E-state index in [-0.39, 0.29) is 17.5 Å². The largest absolute Gasteiger partial charge is 0.383 e. The second-order valence-corrected chi connectivity index (χ2v) is 4.43. The van der Waals surface area contributed by atoms with E-state index < -0.39 is 4.92 Å². The van der Waals surface area contributed by atoms with Crippen LogP contribution in [0.2, 0.25) is 0 Å². The summed E-state index contributed by atoms with van der Waals surface area (Å²) in [6, 6.07) is 2.72. The number of hydrogen-bond donors (Lipinski definition) is 2. The maximum Gasteiger partial charge on any atom is 0.311 e. The van der Waals surface area contributed by atoms with Gasteiger partial charge in [0.05, 0.1) is 24.2 Å². The quantitative estimate of drug-likeness (QED) is 0.390. The van der Waals surface area contributed by atoms with Gasteiger partial charge in [-0.15, -0.1) is 0 Å².